The van der Waals surface area contributed by atoms with Gasteiger partial charge in [0, 0.05) is 6.42 Å². The highest BCUT2D eigenvalue weighted by Gasteiger charge is 2.49. The van der Waals surface area contributed by atoms with Gasteiger partial charge in [0.05, 0.1) is 17.7 Å². The zero-order valence-corrected chi connectivity index (χ0v) is 15.1. The summed E-state index contributed by atoms with van der Waals surface area (Å²) in [5.41, 5.74) is 4.54. The second-order valence-corrected chi connectivity index (χ2v) is 7.20. The average Bonchev–Trinajstić information content (AvgIpc) is 2.75. The van der Waals surface area contributed by atoms with Crippen LogP contribution >= 0.6 is 0 Å². The van der Waals surface area contributed by atoms with Gasteiger partial charge in [0.25, 0.3) is 0 Å². The number of carbonyl (C=O) groups excluding carboxylic acids is 1. The van der Waals surface area contributed by atoms with Crippen LogP contribution in [0.4, 0.5) is 0 Å². The second kappa shape index (κ2) is 7.49. The summed E-state index contributed by atoms with van der Waals surface area (Å²) >= 11 is 0. The quantitative estimate of drug-likeness (QED) is 0.419. The maximum absolute atomic E-state index is 12.0. The number of hydrogen-bond donors (Lipinski definition) is 2. The molecular weight excluding hydrogens is 350 g/mol. The number of nitriles is 3. The Bertz CT molecular complexity index is 857. The second-order valence-electron chi connectivity index (χ2n) is 7.20. The molecule has 1 atom stereocenters. The van der Waals surface area contributed by atoms with Crippen molar-refractivity contribution in [1.29, 1.82) is 15.8 Å². The molecule has 3 N–H and O–H groups in total. The number of hydrogen-bond acceptors (Lipinski definition) is 9. The van der Waals surface area contributed by atoms with E-state index in [1.165, 1.54) is 0 Å². The molecule has 0 spiro atoms. The minimum atomic E-state index is -2.18. The molecule has 1 aliphatic carbocycles. The number of carbonyl (C=O) groups is 1. The van der Waals surface area contributed by atoms with Crippen LogP contribution in [0.15, 0.2) is 27.8 Å². The fourth-order valence-electron chi connectivity index (χ4n) is 2.97. The highest BCUT2D eigenvalue weighted by Crippen LogP contribution is 2.45. The monoisotopic (exact) mass is 369 g/mol. The molecule has 0 aromatic carbocycles. The molecule has 0 bridgehead atoms. The molecule has 9 nitrogen and oxygen atoms in total. The first kappa shape index (κ1) is 20.0. The highest BCUT2D eigenvalue weighted by atomic mass is 16.7. The van der Waals surface area contributed by atoms with Gasteiger partial charge in [0.1, 0.15) is 29.4 Å². The summed E-state index contributed by atoms with van der Waals surface area (Å²) in [6.45, 7) is 3.34. The van der Waals surface area contributed by atoms with Crippen LogP contribution in [0, 0.1) is 39.4 Å². The summed E-state index contributed by atoms with van der Waals surface area (Å²) in [5.74, 6) is -3.15. The molecule has 27 heavy (non-hydrogen) atoms. The van der Waals surface area contributed by atoms with E-state index < -0.39 is 22.7 Å². The average molecular weight is 369 g/mol. The van der Waals surface area contributed by atoms with Gasteiger partial charge in [0.15, 0.2) is 0 Å². The van der Waals surface area contributed by atoms with Crippen LogP contribution in [0.25, 0.3) is 0 Å². The first-order valence-corrected chi connectivity index (χ1v) is 8.28. The third-order valence-electron chi connectivity index (χ3n) is 4.30. The van der Waals surface area contributed by atoms with Crippen molar-refractivity contribution in [2.45, 2.75) is 51.7 Å². The molecule has 9 heteroatoms. The van der Waals surface area contributed by atoms with E-state index >= 15 is 0 Å². The third-order valence-corrected chi connectivity index (χ3v) is 4.30. The first-order valence-electron chi connectivity index (χ1n) is 8.28. The van der Waals surface area contributed by atoms with Crippen LogP contribution < -0.4 is 5.73 Å². The molecular formula is C18H19N5O4. The Morgan fingerprint density at radius 2 is 2.00 bits per heavy atom. The normalized spacial score (nSPS) is 21.3. The van der Waals surface area contributed by atoms with Gasteiger partial charge in [-0.2, -0.15) is 15.8 Å². The summed E-state index contributed by atoms with van der Waals surface area (Å²) in [7, 11) is 0. The Kier molecular flexibility index (Phi) is 5.54. The van der Waals surface area contributed by atoms with Crippen molar-refractivity contribution in [3.8, 4) is 18.2 Å². The molecule has 0 saturated heterocycles. The standard InChI is InChI=1S/C18H19N5O4/c1-17(2,6-14(24)27-23-12-4-3-5-12)10-18(25)15(11(7-19)8-20)13(9-21)16(22)26-18/h25H,3-6,10,22H2,1-2H3. The molecule has 140 valence electrons. The van der Waals surface area contributed by atoms with Gasteiger partial charge in [-0.05, 0) is 24.7 Å². The summed E-state index contributed by atoms with van der Waals surface area (Å²) < 4.78 is 5.24. The van der Waals surface area contributed by atoms with Gasteiger partial charge in [-0.3, -0.25) is 0 Å². The Hall–Kier alpha value is -3.35. The van der Waals surface area contributed by atoms with Gasteiger partial charge in [0.2, 0.25) is 11.7 Å². The lowest BCUT2D eigenvalue weighted by Crippen LogP contribution is -2.38. The maximum atomic E-state index is 12.0. The fourth-order valence-corrected chi connectivity index (χ4v) is 2.97. The minimum Gasteiger partial charge on any atom is -0.442 e. The SMILES string of the molecule is CC(C)(CC(=O)ON=C1CCC1)CC1(O)OC(N)=C(C#N)C1=C(C#N)C#N. The maximum Gasteiger partial charge on any atom is 0.335 e. The number of rotatable bonds is 5. The molecule has 1 unspecified atom stereocenters. The van der Waals surface area contributed by atoms with Gasteiger partial charge in [-0.1, -0.05) is 19.0 Å². The number of ether oxygens (including phenoxy) is 1. The zero-order valence-electron chi connectivity index (χ0n) is 15.1. The van der Waals surface area contributed by atoms with E-state index in [0.29, 0.717) is 0 Å². The van der Waals surface area contributed by atoms with E-state index in [0.717, 1.165) is 25.0 Å². The minimum absolute atomic E-state index is 0.112. The van der Waals surface area contributed by atoms with E-state index in [4.69, 9.17) is 25.8 Å². The fraction of sp³-hybridized carbons (Fsp3) is 0.500. The molecule has 1 aliphatic heterocycles. The van der Waals surface area contributed by atoms with Gasteiger partial charge in [-0.25, -0.2) is 4.79 Å². The van der Waals surface area contributed by atoms with Crippen LogP contribution in [0.5, 0.6) is 0 Å². The zero-order chi connectivity index (χ0) is 20.2. The topological polar surface area (TPSA) is 166 Å². The van der Waals surface area contributed by atoms with Crippen molar-refractivity contribution in [2.24, 2.45) is 16.3 Å². The van der Waals surface area contributed by atoms with Crippen LogP contribution in [0.2, 0.25) is 0 Å². The summed E-state index contributed by atoms with van der Waals surface area (Å²) in [6.07, 6.45) is 2.33. The van der Waals surface area contributed by atoms with Gasteiger partial charge < -0.3 is 20.4 Å². The van der Waals surface area contributed by atoms with E-state index in [9.17, 15) is 15.2 Å². The van der Waals surface area contributed by atoms with Crippen molar-refractivity contribution in [1.82, 2.24) is 0 Å². The molecule has 1 fully saturated rings. The van der Waals surface area contributed by atoms with Gasteiger partial charge in [-0.15, -0.1) is 0 Å². The van der Waals surface area contributed by atoms with Crippen molar-refractivity contribution < 1.29 is 19.5 Å². The largest absolute Gasteiger partial charge is 0.442 e. The Balaban J connectivity index is 2.22. The van der Waals surface area contributed by atoms with Crippen LogP contribution in [0.3, 0.4) is 0 Å². The molecule has 0 aromatic heterocycles. The predicted octanol–water partition coefficient (Wildman–Crippen LogP) is 1.63. The van der Waals surface area contributed by atoms with E-state index in [2.05, 4.69) is 5.16 Å². The summed E-state index contributed by atoms with van der Waals surface area (Å²) in [5, 5.41) is 42.3. The van der Waals surface area contributed by atoms with Crippen LogP contribution in [-0.4, -0.2) is 22.6 Å². The van der Waals surface area contributed by atoms with Crippen molar-refractivity contribution in [2.75, 3.05) is 0 Å². The van der Waals surface area contributed by atoms with Gasteiger partial charge >= 0.3 is 5.97 Å². The van der Waals surface area contributed by atoms with E-state index in [-0.39, 0.29) is 29.9 Å². The molecule has 0 radical (unpaired) electrons. The Labute approximate surface area is 156 Å². The van der Waals surface area contributed by atoms with Crippen molar-refractivity contribution >= 4 is 11.7 Å². The summed E-state index contributed by atoms with van der Waals surface area (Å²) in [6, 6.07) is 5.01. The first-order chi connectivity index (χ1) is 12.7. The molecule has 0 amide bonds. The Morgan fingerprint density at radius 3 is 2.48 bits per heavy atom. The van der Waals surface area contributed by atoms with Crippen molar-refractivity contribution in [3.05, 3.63) is 22.6 Å². The Morgan fingerprint density at radius 1 is 1.37 bits per heavy atom. The predicted molar refractivity (Wildman–Crippen MR) is 91.5 cm³/mol. The lowest BCUT2D eigenvalue weighted by Gasteiger charge is -2.33. The number of aliphatic hydroxyl groups is 1. The number of allylic oxidation sites excluding steroid dienone is 1. The lowest BCUT2D eigenvalue weighted by molar-refractivity contribution is -0.163. The van der Waals surface area contributed by atoms with Crippen molar-refractivity contribution in [3.63, 3.8) is 0 Å². The number of nitrogens with zero attached hydrogens (tertiary/aromatic N) is 4. The molecule has 2 rings (SSSR count). The lowest BCUT2D eigenvalue weighted by atomic mass is 9.78. The molecule has 1 heterocycles. The molecule has 1 saturated carbocycles. The number of nitrogens with two attached hydrogens (primary N) is 1. The van der Waals surface area contributed by atoms with Crippen LogP contribution in [0.1, 0.15) is 46.0 Å². The highest BCUT2D eigenvalue weighted by molar-refractivity contribution is 5.89. The molecule has 2 aliphatic rings. The smallest absolute Gasteiger partial charge is 0.335 e. The molecule has 0 aromatic rings. The van der Waals surface area contributed by atoms with E-state index in [1.54, 1.807) is 32.1 Å². The third kappa shape index (κ3) is 4.25. The van der Waals surface area contributed by atoms with E-state index in [1.807, 2.05) is 0 Å². The number of oxime groups is 1. The summed E-state index contributed by atoms with van der Waals surface area (Å²) in [4.78, 5) is 16.9. The van der Waals surface area contributed by atoms with Crippen LogP contribution in [-0.2, 0) is 14.4 Å².